The van der Waals surface area contributed by atoms with Gasteiger partial charge in [0.25, 0.3) is 0 Å². The van der Waals surface area contributed by atoms with Gasteiger partial charge in [0.15, 0.2) is 0 Å². The fourth-order valence-electron chi connectivity index (χ4n) is 0.749. The summed E-state index contributed by atoms with van der Waals surface area (Å²) in [5, 5.41) is 17.3. The molecule has 0 atom stereocenters. The van der Waals surface area contributed by atoms with E-state index in [-0.39, 0.29) is 24.5 Å². The first-order chi connectivity index (χ1) is 5.22. The fourth-order valence-corrected chi connectivity index (χ4v) is 0.749. The molecule has 0 aromatic carbocycles. The van der Waals surface area contributed by atoms with E-state index in [0.717, 1.165) is 6.07 Å². The Bertz CT molecular complexity index is 289. The second-order valence-corrected chi connectivity index (χ2v) is 2.07. The first-order valence-electron chi connectivity index (χ1n) is 3.16. The number of aliphatic hydroxyl groups excluding tert-OH is 1. The normalized spacial score (nSPS) is 9.91. The highest BCUT2D eigenvalue weighted by Gasteiger charge is 1.98. The van der Waals surface area contributed by atoms with Gasteiger partial charge in [-0.2, -0.15) is 0 Å². The minimum atomic E-state index is -0.603. The van der Waals surface area contributed by atoms with E-state index < -0.39 is 5.63 Å². The lowest BCUT2D eigenvalue weighted by Gasteiger charge is -1.95. The van der Waals surface area contributed by atoms with E-state index in [0.29, 0.717) is 0 Å². The molecule has 0 fully saturated rings. The minimum Gasteiger partial charge on any atom is -0.508 e. The zero-order chi connectivity index (χ0) is 8.27. The maximum Gasteiger partial charge on any atom is 0.339 e. The molecule has 4 nitrogen and oxygen atoms in total. The second-order valence-electron chi connectivity index (χ2n) is 2.07. The van der Waals surface area contributed by atoms with Gasteiger partial charge in [-0.1, -0.05) is 0 Å². The molecule has 1 aromatic heterocycles. The van der Waals surface area contributed by atoms with Gasteiger partial charge in [0.1, 0.15) is 11.5 Å². The summed E-state index contributed by atoms with van der Waals surface area (Å²) in [7, 11) is 0. The van der Waals surface area contributed by atoms with Crippen molar-refractivity contribution in [3.8, 4) is 5.75 Å². The molecule has 0 saturated carbocycles. The average molecular weight is 156 g/mol. The number of hydrogen-bond donors (Lipinski definition) is 2. The lowest BCUT2D eigenvalue weighted by Crippen LogP contribution is -2.00. The number of hydrogen-bond acceptors (Lipinski definition) is 4. The molecule has 0 spiro atoms. The van der Waals surface area contributed by atoms with E-state index in [2.05, 4.69) is 4.42 Å². The molecule has 0 aliphatic heterocycles. The lowest BCUT2D eigenvalue weighted by atomic mass is 10.3. The molecular formula is C7H8O4. The van der Waals surface area contributed by atoms with E-state index in [4.69, 9.17) is 10.2 Å². The molecule has 0 radical (unpaired) electrons. The molecule has 0 aliphatic rings. The van der Waals surface area contributed by atoms with Gasteiger partial charge in [0.05, 0.1) is 12.7 Å². The third-order valence-electron chi connectivity index (χ3n) is 1.16. The Balaban J connectivity index is 2.99. The molecule has 2 N–H and O–H groups in total. The first kappa shape index (κ1) is 7.81. The van der Waals surface area contributed by atoms with Crippen molar-refractivity contribution in [1.82, 2.24) is 0 Å². The SMILES string of the molecule is O=c1cc(O)cc(CCO)o1. The number of aromatic hydroxyl groups is 1. The van der Waals surface area contributed by atoms with Crippen molar-refractivity contribution in [2.24, 2.45) is 0 Å². The van der Waals surface area contributed by atoms with Gasteiger partial charge in [-0.05, 0) is 0 Å². The van der Waals surface area contributed by atoms with Crippen molar-refractivity contribution in [2.75, 3.05) is 6.61 Å². The van der Waals surface area contributed by atoms with Crippen LogP contribution in [0.4, 0.5) is 0 Å². The summed E-state index contributed by atoms with van der Waals surface area (Å²) in [5.74, 6) is 0.155. The van der Waals surface area contributed by atoms with Crippen LogP contribution in [0.1, 0.15) is 5.76 Å². The van der Waals surface area contributed by atoms with Gasteiger partial charge in [-0.3, -0.25) is 0 Å². The zero-order valence-corrected chi connectivity index (χ0v) is 5.78. The molecule has 0 unspecified atom stereocenters. The maximum atomic E-state index is 10.6. The van der Waals surface area contributed by atoms with Crippen LogP contribution in [0.5, 0.6) is 5.75 Å². The van der Waals surface area contributed by atoms with Crippen LogP contribution in [0, 0.1) is 0 Å². The Morgan fingerprint density at radius 3 is 2.73 bits per heavy atom. The van der Waals surface area contributed by atoms with Gasteiger partial charge in [-0.15, -0.1) is 0 Å². The Kier molecular flexibility index (Phi) is 2.28. The Morgan fingerprint density at radius 2 is 2.18 bits per heavy atom. The van der Waals surface area contributed by atoms with Crippen LogP contribution in [0.25, 0.3) is 0 Å². The third kappa shape index (κ3) is 2.09. The molecule has 4 heteroatoms. The first-order valence-corrected chi connectivity index (χ1v) is 3.16. The number of rotatable bonds is 2. The summed E-state index contributed by atoms with van der Waals surface area (Å²) < 4.78 is 4.62. The van der Waals surface area contributed by atoms with Gasteiger partial charge < -0.3 is 14.6 Å². The summed E-state index contributed by atoms with van der Waals surface area (Å²) in [5.41, 5.74) is -0.603. The predicted octanol–water partition coefficient (Wildman–Crippen LogP) is -0.120. The standard InChI is InChI=1S/C7H8O4/c8-2-1-6-3-5(9)4-7(10)11-6/h3-4,8-9H,1-2H2. The van der Waals surface area contributed by atoms with Crippen molar-refractivity contribution < 1.29 is 14.6 Å². The lowest BCUT2D eigenvalue weighted by molar-refractivity contribution is 0.283. The smallest absolute Gasteiger partial charge is 0.339 e. The summed E-state index contributed by atoms with van der Waals surface area (Å²) in [4.78, 5) is 10.6. The highest BCUT2D eigenvalue weighted by Crippen LogP contribution is 2.07. The van der Waals surface area contributed by atoms with Crippen molar-refractivity contribution in [3.63, 3.8) is 0 Å². The zero-order valence-electron chi connectivity index (χ0n) is 5.78. The van der Waals surface area contributed by atoms with Crippen LogP contribution < -0.4 is 5.63 Å². The summed E-state index contributed by atoms with van der Waals surface area (Å²) in [6, 6.07) is 2.28. The van der Waals surface area contributed by atoms with E-state index >= 15 is 0 Å². The molecule has 60 valence electrons. The van der Waals surface area contributed by atoms with Crippen LogP contribution in [0.15, 0.2) is 21.3 Å². The molecule has 1 aromatic rings. The fraction of sp³-hybridized carbons (Fsp3) is 0.286. The predicted molar refractivity (Wildman–Crippen MR) is 37.4 cm³/mol. The molecule has 0 amide bonds. The van der Waals surface area contributed by atoms with Crippen LogP contribution in [-0.4, -0.2) is 16.8 Å². The molecule has 0 aliphatic carbocycles. The largest absolute Gasteiger partial charge is 0.508 e. The van der Waals surface area contributed by atoms with Crippen LogP contribution in [0.3, 0.4) is 0 Å². The van der Waals surface area contributed by atoms with Gasteiger partial charge in [-0.25, -0.2) is 4.79 Å². The monoisotopic (exact) mass is 156 g/mol. The minimum absolute atomic E-state index is 0.105. The molecule has 1 rings (SSSR count). The summed E-state index contributed by atoms with van der Waals surface area (Å²) in [6.07, 6.45) is 0.240. The van der Waals surface area contributed by atoms with Crippen LogP contribution >= 0.6 is 0 Å². The molecule has 0 saturated heterocycles. The van der Waals surface area contributed by atoms with Crippen molar-refractivity contribution >= 4 is 0 Å². The van der Waals surface area contributed by atoms with E-state index in [1.165, 1.54) is 6.07 Å². The van der Waals surface area contributed by atoms with Crippen molar-refractivity contribution in [1.29, 1.82) is 0 Å². The average Bonchev–Trinajstić information content (AvgIpc) is 1.85. The van der Waals surface area contributed by atoms with E-state index in [1.807, 2.05) is 0 Å². The summed E-state index contributed by atoms with van der Waals surface area (Å²) in [6.45, 7) is -0.105. The molecule has 1 heterocycles. The highest BCUT2D eigenvalue weighted by molar-refractivity contribution is 5.18. The molecular weight excluding hydrogens is 148 g/mol. The van der Waals surface area contributed by atoms with E-state index in [1.54, 1.807) is 0 Å². The van der Waals surface area contributed by atoms with Crippen molar-refractivity contribution in [3.05, 3.63) is 28.3 Å². The van der Waals surface area contributed by atoms with Crippen LogP contribution in [-0.2, 0) is 6.42 Å². The topological polar surface area (TPSA) is 70.7 Å². The summed E-state index contributed by atoms with van der Waals surface area (Å²) >= 11 is 0. The van der Waals surface area contributed by atoms with Gasteiger partial charge in [0, 0.05) is 12.5 Å². The van der Waals surface area contributed by atoms with Gasteiger partial charge >= 0.3 is 5.63 Å². The maximum absolute atomic E-state index is 10.6. The van der Waals surface area contributed by atoms with Crippen molar-refractivity contribution in [2.45, 2.75) is 6.42 Å². The third-order valence-corrected chi connectivity index (χ3v) is 1.16. The number of aliphatic hydroxyl groups is 1. The molecule has 0 bridgehead atoms. The molecule has 11 heavy (non-hydrogen) atoms. The Hall–Kier alpha value is -1.29. The Morgan fingerprint density at radius 1 is 1.45 bits per heavy atom. The second kappa shape index (κ2) is 3.21. The Labute approximate surface area is 62.7 Å². The van der Waals surface area contributed by atoms with Crippen LogP contribution in [0.2, 0.25) is 0 Å². The van der Waals surface area contributed by atoms with E-state index in [9.17, 15) is 4.79 Å². The quantitative estimate of drug-likeness (QED) is 0.626. The van der Waals surface area contributed by atoms with Gasteiger partial charge in [0.2, 0.25) is 0 Å². The highest BCUT2D eigenvalue weighted by atomic mass is 16.4.